The molecule has 0 atom stereocenters. The molecule has 6 heteroatoms. The molecule has 0 aliphatic rings. The van der Waals surface area contributed by atoms with Crippen molar-refractivity contribution in [1.82, 2.24) is 19.7 Å². The SMILES string of the molecule is OCc1nncn1-c1ccc2ncsc2c1. The minimum absolute atomic E-state index is 0.124. The number of thiazole rings is 1. The van der Waals surface area contributed by atoms with Crippen molar-refractivity contribution >= 4 is 21.6 Å². The van der Waals surface area contributed by atoms with Gasteiger partial charge in [-0.2, -0.15) is 0 Å². The average molecular weight is 232 g/mol. The van der Waals surface area contributed by atoms with Crippen LogP contribution in [0.1, 0.15) is 5.82 Å². The van der Waals surface area contributed by atoms with Gasteiger partial charge in [-0.25, -0.2) is 4.98 Å². The molecule has 0 fully saturated rings. The van der Waals surface area contributed by atoms with Crippen LogP contribution in [0.5, 0.6) is 0 Å². The Bertz CT molecular complexity index is 630. The maximum absolute atomic E-state index is 9.11. The van der Waals surface area contributed by atoms with Gasteiger partial charge in [-0.3, -0.25) is 4.57 Å². The summed E-state index contributed by atoms with van der Waals surface area (Å²) in [6, 6.07) is 5.89. The van der Waals surface area contributed by atoms with Crippen LogP contribution in [0.3, 0.4) is 0 Å². The topological polar surface area (TPSA) is 63.8 Å². The van der Waals surface area contributed by atoms with E-state index in [0.29, 0.717) is 5.82 Å². The zero-order valence-electron chi connectivity index (χ0n) is 8.24. The van der Waals surface area contributed by atoms with Gasteiger partial charge in [0.25, 0.3) is 0 Å². The molecule has 0 saturated heterocycles. The molecular weight excluding hydrogens is 224 g/mol. The fraction of sp³-hybridized carbons (Fsp3) is 0.100. The van der Waals surface area contributed by atoms with Gasteiger partial charge in [0.2, 0.25) is 0 Å². The van der Waals surface area contributed by atoms with E-state index in [1.807, 2.05) is 23.7 Å². The summed E-state index contributed by atoms with van der Waals surface area (Å²) in [5, 5.41) is 16.7. The summed E-state index contributed by atoms with van der Waals surface area (Å²) < 4.78 is 2.87. The number of aliphatic hydroxyl groups is 1. The van der Waals surface area contributed by atoms with E-state index in [1.165, 1.54) is 0 Å². The lowest BCUT2D eigenvalue weighted by atomic mass is 10.3. The molecule has 1 N–H and O–H groups in total. The Hall–Kier alpha value is -1.79. The van der Waals surface area contributed by atoms with Crippen LogP contribution in [-0.2, 0) is 6.61 Å². The Kier molecular flexibility index (Phi) is 2.16. The van der Waals surface area contributed by atoms with E-state index in [2.05, 4.69) is 15.2 Å². The van der Waals surface area contributed by atoms with Crippen LogP contribution in [0.15, 0.2) is 30.0 Å². The second-order valence-corrected chi connectivity index (χ2v) is 4.17. The highest BCUT2D eigenvalue weighted by atomic mass is 32.1. The summed E-state index contributed by atoms with van der Waals surface area (Å²) in [4.78, 5) is 4.21. The van der Waals surface area contributed by atoms with Gasteiger partial charge in [-0.1, -0.05) is 0 Å². The standard InChI is InChI=1S/C10H8N4OS/c15-4-10-13-12-5-14(10)7-1-2-8-9(3-7)16-6-11-8/h1-3,5-6,15H,4H2. The molecule has 2 aromatic heterocycles. The third-order valence-electron chi connectivity index (χ3n) is 2.35. The van der Waals surface area contributed by atoms with Gasteiger partial charge < -0.3 is 5.11 Å². The maximum atomic E-state index is 9.11. The van der Waals surface area contributed by atoms with Crippen molar-refractivity contribution < 1.29 is 5.11 Å². The molecule has 16 heavy (non-hydrogen) atoms. The molecule has 0 bridgehead atoms. The fourth-order valence-corrected chi connectivity index (χ4v) is 2.29. The van der Waals surface area contributed by atoms with Crippen molar-refractivity contribution in [2.24, 2.45) is 0 Å². The van der Waals surface area contributed by atoms with Crippen LogP contribution in [-0.4, -0.2) is 24.9 Å². The number of fused-ring (bicyclic) bond motifs is 1. The van der Waals surface area contributed by atoms with Gasteiger partial charge in [-0.15, -0.1) is 21.5 Å². The van der Waals surface area contributed by atoms with Crippen molar-refractivity contribution in [2.75, 3.05) is 0 Å². The van der Waals surface area contributed by atoms with Gasteiger partial charge in [0.05, 0.1) is 15.7 Å². The van der Waals surface area contributed by atoms with E-state index in [1.54, 1.807) is 22.2 Å². The first-order valence-corrected chi connectivity index (χ1v) is 5.60. The van der Waals surface area contributed by atoms with Gasteiger partial charge in [0, 0.05) is 5.69 Å². The predicted molar refractivity (Wildman–Crippen MR) is 60.5 cm³/mol. The Morgan fingerprint density at radius 1 is 1.38 bits per heavy atom. The van der Waals surface area contributed by atoms with E-state index in [0.717, 1.165) is 15.9 Å². The number of aliphatic hydroxyl groups excluding tert-OH is 1. The first-order chi connectivity index (χ1) is 7.88. The molecule has 80 valence electrons. The van der Waals surface area contributed by atoms with Crippen LogP contribution < -0.4 is 0 Å². The zero-order valence-corrected chi connectivity index (χ0v) is 9.05. The van der Waals surface area contributed by atoms with E-state index in [9.17, 15) is 0 Å². The van der Waals surface area contributed by atoms with Crippen LogP contribution >= 0.6 is 11.3 Å². The molecular formula is C10H8N4OS. The molecule has 1 aromatic carbocycles. The number of hydrogen-bond donors (Lipinski definition) is 1. The third-order valence-corrected chi connectivity index (χ3v) is 3.14. The molecule has 0 amide bonds. The summed E-state index contributed by atoms with van der Waals surface area (Å²) in [5.74, 6) is 0.531. The highest BCUT2D eigenvalue weighted by Crippen LogP contribution is 2.21. The molecule has 0 spiro atoms. The Morgan fingerprint density at radius 3 is 3.19 bits per heavy atom. The van der Waals surface area contributed by atoms with Gasteiger partial charge in [-0.05, 0) is 18.2 Å². The number of hydrogen-bond acceptors (Lipinski definition) is 5. The van der Waals surface area contributed by atoms with Crippen molar-refractivity contribution in [3.63, 3.8) is 0 Å². The molecule has 0 aliphatic heterocycles. The summed E-state index contributed by atoms with van der Waals surface area (Å²) in [6.07, 6.45) is 1.59. The second-order valence-electron chi connectivity index (χ2n) is 3.28. The van der Waals surface area contributed by atoms with Crippen LogP contribution in [0, 0.1) is 0 Å². The lowest BCUT2D eigenvalue weighted by Crippen LogP contribution is -1.99. The number of aromatic nitrogens is 4. The molecule has 2 heterocycles. The van der Waals surface area contributed by atoms with E-state index >= 15 is 0 Å². The molecule has 0 saturated carbocycles. The third kappa shape index (κ3) is 1.39. The van der Waals surface area contributed by atoms with E-state index in [4.69, 9.17) is 5.11 Å². The van der Waals surface area contributed by atoms with Crippen molar-refractivity contribution in [3.8, 4) is 5.69 Å². The lowest BCUT2D eigenvalue weighted by molar-refractivity contribution is 0.269. The summed E-state index contributed by atoms with van der Waals surface area (Å²) in [5.41, 5.74) is 3.73. The Labute approximate surface area is 95.0 Å². The fourth-order valence-electron chi connectivity index (χ4n) is 1.58. The van der Waals surface area contributed by atoms with Crippen LogP contribution in [0.2, 0.25) is 0 Å². The van der Waals surface area contributed by atoms with E-state index < -0.39 is 0 Å². The largest absolute Gasteiger partial charge is 0.388 e. The zero-order chi connectivity index (χ0) is 11.0. The summed E-state index contributed by atoms with van der Waals surface area (Å²) in [6.45, 7) is -0.124. The highest BCUT2D eigenvalue weighted by Gasteiger charge is 2.06. The van der Waals surface area contributed by atoms with Gasteiger partial charge >= 0.3 is 0 Å². The highest BCUT2D eigenvalue weighted by molar-refractivity contribution is 7.16. The van der Waals surface area contributed by atoms with Gasteiger partial charge in [0.15, 0.2) is 5.82 Å². The Balaban J connectivity index is 2.18. The molecule has 3 aromatic rings. The molecule has 5 nitrogen and oxygen atoms in total. The lowest BCUT2D eigenvalue weighted by Gasteiger charge is -2.03. The van der Waals surface area contributed by atoms with Crippen LogP contribution in [0.4, 0.5) is 0 Å². The normalized spacial score (nSPS) is 11.1. The van der Waals surface area contributed by atoms with Crippen molar-refractivity contribution in [3.05, 3.63) is 35.9 Å². The number of benzene rings is 1. The maximum Gasteiger partial charge on any atom is 0.163 e. The minimum atomic E-state index is -0.124. The monoisotopic (exact) mass is 232 g/mol. The molecule has 0 aliphatic carbocycles. The quantitative estimate of drug-likeness (QED) is 0.724. The Morgan fingerprint density at radius 2 is 2.31 bits per heavy atom. The average Bonchev–Trinajstić information content (AvgIpc) is 2.96. The molecule has 3 rings (SSSR count). The molecule has 0 radical (unpaired) electrons. The van der Waals surface area contributed by atoms with Crippen molar-refractivity contribution in [2.45, 2.75) is 6.61 Å². The summed E-state index contributed by atoms with van der Waals surface area (Å²) >= 11 is 1.58. The molecule has 0 unspecified atom stereocenters. The second kappa shape index (κ2) is 3.66. The smallest absolute Gasteiger partial charge is 0.163 e. The van der Waals surface area contributed by atoms with E-state index in [-0.39, 0.29) is 6.61 Å². The number of rotatable bonds is 2. The first kappa shape index (κ1) is 9.44. The summed E-state index contributed by atoms with van der Waals surface area (Å²) in [7, 11) is 0. The van der Waals surface area contributed by atoms with Crippen LogP contribution in [0.25, 0.3) is 15.9 Å². The van der Waals surface area contributed by atoms with Crippen molar-refractivity contribution in [1.29, 1.82) is 0 Å². The first-order valence-electron chi connectivity index (χ1n) is 4.72. The number of nitrogens with zero attached hydrogens (tertiary/aromatic N) is 4. The minimum Gasteiger partial charge on any atom is -0.388 e. The predicted octanol–water partition coefficient (Wildman–Crippen LogP) is 1.37. The van der Waals surface area contributed by atoms with Gasteiger partial charge in [0.1, 0.15) is 12.9 Å².